The van der Waals surface area contributed by atoms with Crippen molar-refractivity contribution in [1.82, 2.24) is 5.16 Å². The van der Waals surface area contributed by atoms with Crippen molar-refractivity contribution in [3.63, 3.8) is 0 Å². The van der Waals surface area contributed by atoms with E-state index in [1.807, 2.05) is 25.1 Å². The molecule has 0 fully saturated rings. The van der Waals surface area contributed by atoms with Gasteiger partial charge in [0.2, 0.25) is 5.91 Å². The number of ether oxygens (including phenoxy) is 1. The molecule has 0 unspecified atom stereocenters. The van der Waals surface area contributed by atoms with Crippen molar-refractivity contribution >= 4 is 17.4 Å². The number of methoxy groups -OCH3 is 1. The SMILES string of the molecule is COc1ccc(NCC(=O)Nc2cc(C)on2)c(C)c1. The third-order valence-electron chi connectivity index (χ3n) is 2.77. The van der Waals surface area contributed by atoms with E-state index in [0.717, 1.165) is 17.0 Å². The van der Waals surface area contributed by atoms with E-state index in [-0.39, 0.29) is 12.5 Å². The third kappa shape index (κ3) is 3.50. The lowest BCUT2D eigenvalue weighted by atomic mass is 10.2. The number of rotatable bonds is 5. The van der Waals surface area contributed by atoms with Crippen LogP contribution in [0.4, 0.5) is 11.5 Å². The first kappa shape index (κ1) is 13.9. The lowest BCUT2D eigenvalue weighted by Crippen LogP contribution is -2.22. The molecule has 1 aromatic carbocycles. The van der Waals surface area contributed by atoms with Gasteiger partial charge in [0, 0.05) is 11.8 Å². The standard InChI is InChI=1S/C14H17N3O3/c1-9-6-11(19-3)4-5-12(9)15-8-14(18)16-13-7-10(2)20-17-13/h4-7,15H,8H2,1-3H3,(H,16,17,18). The van der Waals surface area contributed by atoms with Crippen LogP contribution in [0.3, 0.4) is 0 Å². The van der Waals surface area contributed by atoms with Crippen molar-refractivity contribution in [3.8, 4) is 5.75 Å². The highest BCUT2D eigenvalue weighted by Gasteiger charge is 2.07. The van der Waals surface area contributed by atoms with E-state index in [1.165, 1.54) is 0 Å². The Morgan fingerprint density at radius 3 is 2.75 bits per heavy atom. The fourth-order valence-electron chi connectivity index (χ4n) is 1.75. The zero-order valence-electron chi connectivity index (χ0n) is 11.7. The summed E-state index contributed by atoms with van der Waals surface area (Å²) in [5, 5.41) is 9.41. The van der Waals surface area contributed by atoms with Gasteiger partial charge >= 0.3 is 0 Å². The summed E-state index contributed by atoms with van der Waals surface area (Å²) in [6, 6.07) is 7.29. The van der Waals surface area contributed by atoms with Crippen LogP contribution in [0.15, 0.2) is 28.8 Å². The van der Waals surface area contributed by atoms with Gasteiger partial charge in [-0.05, 0) is 37.6 Å². The fourth-order valence-corrected chi connectivity index (χ4v) is 1.75. The number of anilines is 2. The summed E-state index contributed by atoms with van der Waals surface area (Å²) >= 11 is 0. The van der Waals surface area contributed by atoms with Gasteiger partial charge in [0.05, 0.1) is 13.7 Å². The molecule has 0 saturated heterocycles. The second kappa shape index (κ2) is 6.10. The minimum Gasteiger partial charge on any atom is -0.497 e. The summed E-state index contributed by atoms with van der Waals surface area (Å²) in [6.45, 7) is 3.87. The van der Waals surface area contributed by atoms with Crippen LogP contribution in [0.1, 0.15) is 11.3 Å². The smallest absolute Gasteiger partial charge is 0.244 e. The molecule has 0 saturated carbocycles. The number of hydrogen-bond donors (Lipinski definition) is 2. The molecule has 0 aliphatic heterocycles. The Kier molecular flexibility index (Phi) is 4.24. The predicted molar refractivity (Wildman–Crippen MR) is 76.1 cm³/mol. The Balaban J connectivity index is 1.90. The van der Waals surface area contributed by atoms with E-state index in [2.05, 4.69) is 15.8 Å². The first-order chi connectivity index (χ1) is 9.58. The largest absolute Gasteiger partial charge is 0.497 e. The van der Waals surface area contributed by atoms with Gasteiger partial charge in [-0.1, -0.05) is 5.16 Å². The van der Waals surface area contributed by atoms with E-state index in [0.29, 0.717) is 11.6 Å². The van der Waals surface area contributed by atoms with E-state index < -0.39 is 0 Å². The van der Waals surface area contributed by atoms with Gasteiger partial charge in [-0.3, -0.25) is 4.79 Å². The highest BCUT2D eigenvalue weighted by atomic mass is 16.5. The molecule has 2 N–H and O–H groups in total. The van der Waals surface area contributed by atoms with Crippen molar-refractivity contribution in [2.24, 2.45) is 0 Å². The van der Waals surface area contributed by atoms with Gasteiger partial charge in [-0.2, -0.15) is 0 Å². The molecule has 0 aliphatic rings. The molecule has 1 heterocycles. The van der Waals surface area contributed by atoms with Gasteiger partial charge < -0.3 is 19.9 Å². The lowest BCUT2D eigenvalue weighted by molar-refractivity contribution is -0.114. The number of aromatic nitrogens is 1. The normalized spacial score (nSPS) is 10.2. The van der Waals surface area contributed by atoms with Crippen LogP contribution in [0.25, 0.3) is 0 Å². The Bertz CT molecular complexity index is 607. The molecule has 0 spiro atoms. The van der Waals surface area contributed by atoms with E-state index in [1.54, 1.807) is 20.1 Å². The Labute approximate surface area is 117 Å². The van der Waals surface area contributed by atoms with E-state index in [9.17, 15) is 4.79 Å². The Hall–Kier alpha value is -2.50. The molecule has 0 atom stereocenters. The third-order valence-corrected chi connectivity index (χ3v) is 2.77. The van der Waals surface area contributed by atoms with Gasteiger partial charge in [0.1, 0.15) is 11.5 Å². The van der Waals surface area contributed by atoms with Crippen LogP contribution in [0.5, 0.6) is 5.75 Å². The maximum Gasteiger partial charge on any atom is 0.244 e. The maximum absolute atomic E-state index is 11.7. The van der Waals surface area contributed by atoms with Crippen LogP contribution in [-0.2, 0) is 4.79 Å². The van der Waals surface area contributed by atoms with Crippen molar-refractivity contribution in [3.05, 3.63) is 35.6 Å². The fraction of sp³-hybridized carbons (Fsp3) is 0.286. The molecule has 6 nitrogen and oxygen atoms in total. The Morgan fingerprint density at radius 2 is 2.15 bits per heavy atom. The first-order valence-corrected chi connectivity index (χ1v) is 6.20. The quantitative estimate of drug-likeness (QED) is 0.876. The molecule has 2 aromatic rings. The molecule has 2 rings (SSSR count). The molecule has 6 heteroatoms. The summed E-state index contributed by atoms with van der Waals surface area (Å²) in [5.74, 6) is 1.67. The van der Waals surface area contributed by atoms with E-state index in [4.69, 9.17) is 9.26 Å². The number of nitrogens with zero attached hydrogens (tertiary/aromatic N) is 1. The zero-order chi connectivity index (χ0) is 14.5. The van der Waals surface area contributed by atoms with Crippen molar-refractivity contribution in [2.45, 2.75) is 13.8 Å². The monoisotopic (exact) mass is 275 g/mol. The predicted octanol–water partition coefficient (Wildman–Crippen LogP) is 2.35. The number of nitrogens with one attached hydrogen (secondary N) is 2. The average Bonchev–Trinajstić information content (AvgIpc) is 2.82. The minimum absolute atomic E-state index is 0.152. The topological polar surface area (TPSA) is 76.4 Å². The highest BCUT2D eigenvalue weighted by molar-refractivity contribution is 5.93. The van der Waals surface area contributed by atoms with E-state index >= 15 is 0 Å². The molecule has 106 valence electrons. The van der Waals surface area contributed by atoms with Gasteiger partial charge in [-0.15, -0.1) is 0 Å². The van der Waals surface area contributed by atoms with Crippen LogP contribution in [0.2, 0.25) is 0 Å². The summed E-state index contributed by atoms with van der Waals surface area (Å²) in [6.07, 6.45) is 0. The lowest BCUT2D eigenvalue weighted by Gasteiger charge is -2.10. The number of carbonyl (C=O) groups excluding carboxylic acids is 1. The van der Waals surface area contributed by atoms with Crippen molar-refractivity contribution in [1.29, 1.82) is 0 Å². The summed E-state index contributed by atoms with van der Waals surface area (Å²) < 4.78 is 10.0. The second-order valence-electron chi connectivity index (χ2n) is 4.41. The summed E-state index contributed by atoms with van der Waals surface area (Å²) in [5.41, 5.74) is 1.90. The van der Waals surface area contributed by atoms with Crippen molar-refractivity contribution in [2.75, 3.05) is 24.3 Å². The molecule has 20 heavy (non-hydrogen) atoms. The molecule has 0 radical (unpaired) electrons. The van der Waals surface area contributed by atoms with Crippen LogP contribution in [0, 0.1) is 13.8 Å². The van der Waals surface area contributed by atoms with Gasteiger partial charge in [-0.25, -0.2) is 0 Å². The van der Waals surface area contributed by atoms with Gasteiger partial charge in [0.15, 0.2) is 5.82 Å². The number of carbonyl (C=O) groups is 1. The molecule has 0 bridgehead atoms. The number of amides is 1. The van der Waals surface area contributed by atoms with Gasteiger partial charge in [0.25, 0.3) is 0 Å². The highest BCUT2D eigenvalue weighted by Crippen LogP contribution is 2.20. The van der Waals surface area contributed by atoms with Crippen LogP contribution < -0.4 is 15.4 Å². The number of hydrogen-bond acceptors (Lipinski definition) is 5. The Morgan fingerprint density at radius 1 is 1.35 bits per heavy atom. The molecule has 1 aromatic heterocycles. The average molecular weight is 275 g/mol. The minimum atomic E-state index is -0.187. The number of benzene rings is 1. The first-order valence-electron chi connectivity index (χ1n) is 6.20. The zero-order valence-corrected chi connectivity index (χ0v) is 11.7. The number of aryl methyl sites for hydroxylation is 2. The molecular weight excluding hydrogens is 258 g/mol. The van der Waals surface area contributed by atoms with Crippen molar-refractivity contribution < 1.29 is 14.1 Å². The van der Waals surface area contributed by atoms with Crippen LogP contribution >= 0.6 is 0 Å². The molecular formula is C14H17N3O3. The second-order valence-corrected chi connectivity index (χ2v) is 4.41. The summed E-state index contributed by atoms with van der Waals surface area (Å²) in [7, 11) is 1.62. The van der Waals surface area contributed by atoms with Crippen LogP contribution in [-0.4, -0.2) is 24.7 Å². The molecule has 0 aliphatic carbocycles. The maximum atomic E-state index is 11.7. The summed E-state index contributed by atoms with van der Waals surface area (Å²) in [4.78, 5) is 11.7. The molecule has 1 amide bonds.